The molecule has 0 saturated heterocycles. The minimum absolute atomic E-state index is 0.255. The summed E-state index contributed by atoms with van der Waals surface area (Å²) in [6.45, 7) is 4.18. The number of benzene rings is 1. The summed E-state index contributed by atoms with van der Waals surface area (Å²) >= 11 is 0. The van der Waals surface area contributed by atoms with E-state index in [4.69, 9.17) is 9.84 Å². The van der Waals surface area contributed by atoms with E-state index in [2.05, 4.69) is 0 Å². The molecule has 1 atom stereocenters. The molecule has 3 nitrogen and oxygen atoms in total. The van der Waals surface area contributed by atoms with Crippen molar-refractivity contribution in [3.05, 3.63) is 29.3 Å². The minimum atomic E-state index is -0.800. The van der Waals surface area contributed by atoms with E-state index < -0.39 is 6.10 Å². The van der Waals surface area contributed by atoms with Crippen LogP contribution in [-0.2, 0) is 0 Å². The average molecular weight is 196 g/mol. The Morgan fingerprint density at radius 1 is 1.43 bits per heavy atom. The molecule has 2 N–H and O–H groups in total. The van der Waals surface area contributed by atoms with Crippen LogP contribution in [0.15, 0.2) is 18.2 Å². The van der Waals surface area contributed by atoms with Gasteiger partial charge < -0.3 is 14.9 Å². The van der Waals surface area contributed by atoms with E-state index in [0.29, 0.717) is 6.61 Å². The zero-order chi connectivity index (χ0) is 10.6. The van der Waals surface area contributed by atoms with Gasteiger partial charge in [0.1, 0.15) is 11.9 Å². The second-order valence-corrected chi connectivity index (χ2v) is 3.15. The lowest BCUT2D eigenvalue weighted by atomic mass is 10.0. The molecule has 0 amide bonds. The van der Waals surface area contributed by atoms with Crippen LogP contribution in [0.3, 0.4) is 0 Å². The number of aliphatic hydroxyl groups is 2. The Bertz CT molecular complexity index is 297. The Hall–Kier alpha value is -1.06. The lowest BCUT2D eigenvalue weighted by molar-refractivity contribution is 0.0950. The van der Waals surface area contributed by atoms with Gasteiger partial charge in [-0.25, -0.2) is 0 Å². The van der Waals surface area contributed by atoms with Gasteiger partial charge in [-0.1, -0.05) is 6.07 Å². The van der Waals surface area contributed by atoms with Gasteiger partial charge in [-0.05, 0) is 37.1 Å². The Morgan fingerprint density at radius 2 is 2.14 bits per heavy atom. The molecule has 0 aliphatic heterocycles. The molecule has 0 bridgehead atoms. The van der Waals surface area contributed by atoms with E-state index in [1.807, 2.05) is 19.9 Å². The molecular weight excluding hydrogens is 180 g/mol. The van der Waals surface area contributed by atoms with Crippen molar-refractivity contribution in [2.75, 3.05) is 13.2 Å². The Balaban J connectivity index is 2.89. The van der Waals surface area contributed by atoms with E-state index in [1.165, 1.54) is 0 Å². The van der Waals surface area contributed by atoms with Gasteiger partial charge in [-0.2, -0.15) is 0 Å². The van der Waals surface area contributed by atoms with Crippen molar-refractivity contribution < 1.29 is 14.9 Å². The van der Waals surface area contributed by atoms with Gasteiger partial charge in [-0.15, -0.1) is 0 Å². The van der Waals surface area contributed by atoms with Crippen molar-refractivity contribution in [2.24, 2.45) is 0 Å². The Morgan fingerprint density at radius 3 is 2.64 bits per heavy atom. The lowest BCUT2D eigenvalue weighted by Gasteiger charge is -2.12. The number of hydrogen-bond acceptors (Lipinski definition) is 3. The summed E-state index contributed by atoms with van der Waals surface area (Å²) in [6.07, 6.45) is -0.800. The predicted octanol–water partition coefficient (Wildman–Crippen LogP) is 1.42. The molecule has 1 aromatic rings. The first-order valence-corrected chi connectivity index (χ1v) is 4.71. The first kappa shape index (κ1) is 11.0. The van der Waals surface area contributed by atoms with E-state index in [1.54, 1.807) is 12.1 Å². The number of ether oxygens (including phenoxy) is 1. The van der Waals surface area contributed by atoms with Crippen LogP contribution in [0.4, 0.5) is 0 Å². The van der Waals surface area contributed by atoms with Gasteiger partial charge in [0, 0.05) is 0 Å². The summed E-state index contributed by atoms with van der Waals surface area (Å²) in [6, 6.07) is 5.43. The number of aliphatic hydroxyl groups excluding tert-OH is 2. The molecule has 0 aromatic heterocycles. The van der Waals surface area contributed by atoms with E-state index >= 15 is 0 Å². The highest BCUT2D eigenvalue weighted by Crippen LogP contribution is 2.22. The fourth-order valence-electron chi connectivity index (χ4n) is 1.38. The van der Waals surface area contributed by atoms with Crippen LogP contribution in [-0.4, -0.2) is 23.4 Å². The van der Waals surface area contributed by atoms with E-state index in [-0.39, 0.29) is 6.61 Å². The van der Waals surface area contributed by atoms with Crippen molar-refractivity contribution in [2.45, 2.75) is 20.0 Å². The summed E-state index contributed by atoms with van der Waals surface area (Å²) in [4.78, 5) is 0. The highest BCUT2D eigenvalue weighted by molar-refractivity contribution is 5.36. The molecule has 0 aliphatic carbocycles. The molecule has 0 radical (unpaired) electrons. The first-order valence-electron chi connectivity index (χ1n) is 4.71. The first-order chi connectivity index (χ1) is 6.69. The lowest BCUT2D eigenvalue weighted by Crippen LogP contribution is -2.04. The summed E-state index contributed by atoms with van der Waals surface area (Å²) in [5.74, 6) is 0.791. The third kappa shape index (κ3) is 2.47. The van der Waals surface area contributed by atoms with Crippen LogP contribution in [0.25, 0.3) is 0 Å². The van der Waals surface area contributed by atoms with Crippen molar-refractivity contribution in [1.82, 2.24) is 0 Å². The molecule has 0 heterocycles. The van der Waals surface area contributed by atoms with Crippen LogP contribution in [0.5, 0.6) is 5.75 Å². The van der Waals surface area contributed by atoms with Crippen molar-refractivity contribution in [3.63, 3.8) is 0 Å². The molecule has 0 saturated carbocycles. The molecule has 0 spiro atoms. The quantitative estimate of drug-likeness (QED) is 0.765. The maximum absolute atomic E-state index is 9.44. The number of rotatable bonds is 4. The fraction of sp³-hybridized carbons (Fsp3) is 0.455. The standard InChI is InChI=1S/C11H16O3/c1-3-14-9-4-5-10(8(2)6-9)11(13)7-12/h4-6,11-13H,3,7H2,1-2H3. The normalized spacial score (nSPS) is 12.6. The minimum Gasteiger partial charge on any atom is -0.494 e. The molecule has 1 unspecified atom stereocenters. The zero-order valence-corrected chi connectivity index (χ0v) is 8.53. The Kier molecular flexibility index (Phi) is 3.92. The van der Waals surface area contributed by atoms with E-state index in [9.17, 15) is 5.11 Å². The Labute approximate surface area is 84.0 Å². The maximum Gasteiger partial charge on any atom is 0.119 e. The second-order valence-electron chi connectivity index (χ2n) is 3.15. The van der Waals surface area contributed by atoms with Crippen molar-refractivity contribution in [3.8, 4) is 5.75 Å². The maximum atomic E-state index is 9.44. The highest BCUT2D eigenvalue weighted by atomic mass is 16.5. The summed E-state index contributed by atoms with van der Waals surface area (Å²) in [5.41, 5.74) is 1.67. The topological polar surface area (TPSA) is 49.7 Å². The molecule has 3 heteroatoms. The summed E-state index contributed by atoms with van der Waals surface area (Å²) in [5, 5.41) is 18.2. The third-order valence-corrected chi connectivity index (χ3v) is 2.08. The largest absolute Gasteiger partial charge is 0.494 e. The predicted molar refractivity (Wildman–Crippen MR) is 54.4 cm³/mol. The van der Waals surface area contributed by atoms with Gasteiger partial charge in [0.25, 0.3) is 0 Å². The van der Waals surface area contributed by atoms with Gasteiger partial charge in [0.15, 0.2) is 0 Å². The van der Waals surface area contributed by atoms with Crippen LogP contribution in [0, 0.1) is 6.92 Å². The van der Waals surface area contributed by atoms with Crippen LogP contribution < -0.4 is 4.74 Å². The molecule has 0 aliphatic rings. The molecular formula is C11H16O3. The van der Waals surface area contributed by atoms with Crippen LogP contribution in [0.2, 0.25) is 0 Å². The number of aryl methyl sites for hydroxylation is 1. The smallest absolute Gasteiger partial charge is 0.119 e. The SMILES string of the molecule is CCOc1ccc(C(O)CO)c(C)c1. The zero-order valence-electron chi connectivity index (χ0n) is 8.53. The van der Waals surface area contributed by atoms with Crippen molar-refractivity contribution in [1.29, 1.82) is 0 Å². The van der Waals surface area contributed by atoms with Gasteiger partial charge in [0.05, 0.1) is 13.2 Å². The summed E-state index contributed by atoms with van der Waals surface area (Å²) in [7, 11) is 0. The second kappa shape index (κ2) is 4.98. The summed E-state index contributed by atoms with van der Waals surface area (Å²) < 4.78 is 5.31. The third-order valence-electron chi connectivity index (χ3n) is 2.08. The number of hydrogen-bond donors (Lipinski definition) is 2. The highest BCUT2D eigenvalue weighted by Gasteiger charge is 2.09. The monoisotopic (exact) mass is 196 g/mol. The molecule has 78 valence electrons. The molecule has 1 aromatic carbocycles. The van der Waals surface area contributed by atoms with E-state index in [0.717, 1.165) is 16.9 Å². The fourth-order valence-corrected chi connectivity index (χ4v) is 1.38. The van der Waals surface area contributed by atoms with Gasteiger partial charge in [-0.3, -0.25) is 0 Å². The molecule has 1 rings (SSSR count). The van der Waals surface area contributed by atoms with Crippen molar-refractivity contribution >= 4 is 0 Å². The van der Waals surface area contributed by atoms with Crippen LogP contribution in [0.1, 0.15) is 24.2 Å². The average Bonchev–Trinajstić information content (AvgIpc) is 2.17. The molecule has 0 fully saturated rings. The molecule has 14 heavy (non-hydrogen) atoms. The van der Waals surface area contributed by atoms with Gasteiger partial charge in [0.2, 0.25) is 0 Å². The van der Waals surface area contributed by atoms with Crippen LogP contribution >= 0.6 is 0 Å². The van der Waals surface area contributed by atoms with Gasteiger partial charge >= 0.3 is 0 Å².